The van der Waals surface area contributed by atoms with Gasteiger partial charge in [0.2, 0.25) is 0 Å². The number of carboxylic acid groups (broad SMARTS) is 2. The van der Waals surface area contributed by atoms with Gasteiger partial charge in [0, 0.05) is 11.8 Å². The topological polar surface area (TPSA) is 93.2 Å². The van der Waals surface area contributed by atoms with Gasteiger partial charge in [-0.25, -0.2) is 4.98 Å². The molecule has 0 saturated heterocycles. The molecule has 0 N–H and O–H groups in total. The van der Waals surface area contributed by atoms with E-state index in [1.165, 1.54) is 18.3 Å². The van der Waals surface area contributed by atoms with Crippen LogP contribution in [0, 0.1) is 0 Å². The first kappa shape index (κ1) is 12.5. The number of carbonyl (C=O) groups excluding carboxylic acids is 2. The van der Waals surface area contributed by atoms with Gasteiger partial charge >= 0.3 is 0 Å². The van der Waals surface area contributed by atoms with Crippen molar-refractivity contribution in [2.24, 2.45) is 0 Å². The molecule has 16 heavy (non-hydrogen) atoms. The molecule has 0 aliphatic rings. The molecule has 5 nitrogen and oxygen atoms in total. The minimum absolute atomic E-state index is 0.104. The maximum atomic E-state index is 10.7. The van der Waals surface area contributed by atoms with E-state index in [4.69, 9.17) is 0 Å². The molecule has 0 bridgehead atoms. The largest absolute Gasteiger partial charge is 0.549 e. The van der Waals surface area contributed by atoms with Gasteiger partial charge in [0.15, 0.2) is 0 Å². The predicted octanol–water partition coefficient (Wildman–Crippen LogP) is -0.934. The van der Waals surface area contributed by atoms with Crippen LogP contribution >= 0.6 is 11.8 Å². The van der Waals surface area contributed by atoms with Crippen molar-refractivity contribution in [1.29, 1.82) is 0 Å². The average molecular weight is 239 g/mol. The second-order valence-electron chi connectivity index (χ2n) is 2.98. The van der Waals surface area contributed by atoms with Crippen LogP contribution in [0.2, 0.25) is 0 Å². The summed E-state index contributed by atoms with van der Waals surface area (Å²) >= 11 is 0.858. The van der Waals surface area contributed by atoms with E-state index in [1.54, 1.807) is 6.92 Å². The molecule has 0 aromatic carbocycles. The molecule has 0 aliphatic carbocycles. The lowest BCUT2D eigenvalue weighted by Gasteiger charge is -2.16. The molecule has 0 radical (unpaired) electrons. The van der Waals surface area contributed by atoms with Crippen LogP contribution in [0.4, 0.5) is 0 Å². The van der Waals surface area contributed by atoms with E-state index in [-0.39, 0.29) is 10.6 Å². The summed E-state index contributed by atoms with van der Waals surface area (Å²) in [5.74, 6) is -2.61. The van der Waals surface area contributed by atoms with Crippen molar-refractivity contribution in [3.8, 4) is 0 Å². The molecular weight excluding hydrogens is 230 g/mol. The number of aromatic carboxylic acids is 1. The normalized spacial score (nSPS) is 12.1. The number of aromatic nitrogens is 1. The fourth-order valence-electron chi connectivity index (χ4n) is 1.07. The van der Waals surface area contributed by atoms with E-state index < -0.39 is 17.2 Å². The standard InChI is InChI=1S/C10H11NO4S/c1-2-7(10(14)15)16-8-6(9(12)13)4-3-5-11-8/h3-5,7H,2H2,1H3,(H,12,13)(H,14,15)/p-2/t7-/m1/s1. The van der Waals surface area contributed by atoms with Crippen LogP contribution in [0.5, 0.6) is 0 Å². The van der Waals surface area contributed by atoms with Gasteiger partial charge in [-0.3, -0.25) is 0 Å². The molecule has 1 atom stereocenters. The molecule has 1 rings (SSSR count). The Bertz CT molecular complexity index is 408. The lowest BCUT2D eigenvalue weighted by atomic mass is 10.3. The number of hydrogen-bond acceptors (Lipinski definition) is 6. The quantitative estimate of drug-likeness (QED) is 0.616. The SMILES string of the molecule is CC[C@@H](Sc1ncccc1C(=O)[O-])C(=O)[O-]. The van der Waals surface area contributed by atoms with E-state index in [1.807, 2.05) is 0 Å². The van der Waals surface area contributed by atoms with Crippen LogP contribution in [0.1, 0.15) is 23.7 Å². The second kappa shape index (κ2) is 5.50. The van der Waals surface area contributed by atoms with Crippen LogP contribution in [-0.2, 0) is 4.79 Å². The molecule has 6 heteroatoms. The Morgan fingerprint density at radius 1 is 1.50 bits per heavy atom. The van der Waals surface area contributed by atoms with Gasteiger partial charge < -0.3 is 19.8 Å². The summed E-state index contributed by atoms with van der Waals surface area (Å²) in [6, 6.07) is 2.78. The monoisotopic (exact) mass is 239 g/mol. The van der Waals surface area contributed by atoms with Gasteiger partial charge in [-0.1, -0.05) is 18.7 Å². The van der Waals surface area contributed by atoms with Crippen molar-refractivity contribution >= 4 is 23.7 Å². The average Bonchev–Trinajstić information content (AvgIpc) is 2.25. The summed E-state index contributed by atoms with van der Waals surface area (Å²) in [5.41, 5.74) is -0.104. The minimum atomic E-state index is -1.37. The number of nitrogens with zero attached hydrogens (tertiary/aromatic N) is 1. The Hall–Kier alpha value is -1.56. The third-order valence-corrected chi connectivity index (χ3v) is 3.24. The predicted molar refractivity (Wildman–Crippen MR) is 53.5 cm³/mol. The molecule has 0 amide bonds. The van der Waals surface area contributed by atoms with Crippen molar-refractivity contribution in [3.63, 3.8) is 0 Å². The highest BCUT2D eigenvalue weighted by Crippen LogP contribution is 2.25. The molecule has 0 spiro atoms. The zero-order valence-electron chi connectivity index (χ0n) is 8.50. The third kappa shape index (κ3) is 2.96. The molecule has 1 aromatic rings. The molecule has 86 valence electrons. The van der Waals surface area contributed by atoms with Gasteiger partial charge in [-0.05, 0) is 18.6 Å². The third-order valence-electron chi connectivity index (χ3n) is 1.88. The Kier molecular flexibility index (Phi) is 4.30. The molecular formula is C10H9NO4S-2. The number of thioether (sulfide) groups is 1. The van der Waals surface area contributed by atoms with Gasteiger partial charge in [0.05, 0.1) is 17.2 Å². The molecule has 0 unspecified atom stereocenters. The smallest absolute Gasteiger partial charge is 0.106 e. The number of hydrogen-bond donors (Lipinski definition) is 0. The van der Waals surface area contributed by atoms with Crippen LogP contribution in [-0.4, -0.2) is 22.2 Å². The van der Waals surface area contributed by atoms with E-state index in [2.05, 4.69) is 4.98 Å². The summed E-state index contributed by atoms with van der Waals surface area (Å²) in [7, 11) is 0. The van der Waals surface area contributed by atoms with Gasteiger partial charge in [-0.2, -0.15) is 0 Å². The van der Waals surface area contributed by atoms with Crippen LogP contribution in [0.25, 0.3) is 0 Å². The lowest BCUT2D eigenvalue weighted by Crippen LogP contribution is -2.33. The number of rotatable bonds is 5. The molecule has 0 aliphatic heterocycles. The van der Waals surface area contributed by atoms with Crippen LogP contribution in [0.15, 0.2) is 23.4 Å². The summed E-state index contributed by atoms with van der Waals surface area (Å²) in [6.45, 7) is 1.68. The Morgan fingerprint density at radius 2 is 2.19 bits per heavy atom. The molecule has 0 fully saturated rings. The molecule has 1 aromatic heterocycles. The van der Waals surface area contributed by atoms with Crippen molar-refractivity contribution in [3.05, 3.63) is 23.9 Å². The Labute approximate surface area is 96.5 Å². The number of aliphatic carboxylic acids is 1. The fraction of sp³-hybridized carbons (Fsp3) is 0.300. The maximum absolute atomic E-state index is 10.7. The maximum Gasteiger partial charge on any atom is 0.106 e. The van der Waals surface area contributed by atoms with E-state index in [0.29, 0.717) is 6.42 Å². The minimum Gasteiger partial charge on any atom is -0.549 e. The lowest BCUT2D eigenvalue weighted by molar-refractivity contribution is -0.304. The summed E-state index contributed by atoms with van der Waals surface area (Å²) in [4.78, 5) is 25.2. The number of carboxylic acids is 2. The first-order valence-corrected chi connectivity index (χ1v) is 5.48. The summed E-state index contributed by atoms with van der Waals surface area (Å²) in [5, 5.41) is 20.8. The molecule has 0 saturated carbocycles. The van der Waals surface area contributed by atoms with Crippen LogP contribution in [0.3, 0.4) is 0 Å². The van der Waals surface area contributed by atoms with Crippen molar-refractivity contribution < 1.29 is 19.8 Å². The number of carbonyl (C=O) groups is 2. The highest BCUT2D eigenvalue weighted by molar-refractivity contribution is 8.00. The second-order valence-corrected chi connectivity index (χ2v) is 4.17. The van der Waals surface area contributed by atoms with E-state index >= 15 is 0 Å². The first-order chi connectivity index (χ1) is 7.56. The summed E-state index contributed by atoms with van der Waals surface area (Å²) in [6.07, 6.45) is 1.73. The van der Waals surface area contributed by atoms with Crippen molar-refractivity contribution in [2.75, 3.05) is 0 Å². The first-order valence-electron chi connectivity index (χ1n) is 4.60. The Balaban J connectivity index is 2.95. The summed E-state index contributed by atoms with van der Waals surface area (Å²) < 4.78 is 0. The Morgan fingerprint density at radius 3 is 2.69 bits per heavy atom. The van der Waals surface area contributed by atoms with Gasteiger partial charge in [0.1, 0.15) is 5.03 Å². The van der Waals surface area contributed by atoms with Gasteiger partial charge in [-0.15, -0.1) is 0 Å². The zero-order valence-corrected chi connectivity index (χ0v) is 9.32. The fourth-order valence-corrected chi connectivity index (χ4v) is 2.01. The zero-order chi connectivity index (χ0) is 12.1. The van der Waals surface area contributed by atoms with E-state index in [9.17, 15) is 19.8 Å². The van der Waals surface area contributed by atoms with E-state index in [0.717, 1.165) is 11.8 Å². The highest BCUT2D eigenvalue weighted by atomic mass is 32.2. The van der Waals surface area contributed by atoms with Crippen molar-refractivity contribution in [2.45, 2.75) is 23.6 Å². The van der Waals surface area contributed by atoms with Gasteiger partial charge in [0.25, 0.3) is 0 Å². The number of pyridine rings is 1. The van der Waals surface area contributed by atoms with Crippen molar-refractivity contribution in [1.82, 2.24) is 4.98 Å². The highest BCUT2D eigenvalue weighted by Gasteiger charge is 2.13. The molecule has 1 heterocycles. The van der Waals surface area contributed by atoms with Crippen LogP contribution < -0.4 is 10.2 Å².